The minimum atomic E-state index is 0.317. The Kier molecular flexibility index (Phi) is 6.74. The number of amides is 1. The van der Waals surface area contributed by atoms with E-state index in [1.54, 1.807) is 7.11 Å². The van der Waals surface area contributed by atoms with Crippen LogP contribution in [-0.2, 0) is 11.2 Å². The molecule has 2 fully saturated rings. The maximum Gasteiger partial charge on any atom is 0.222 e. The molecule has 0 bridgehead atoms. The molecule has 4 heteroatoms. The van der Waals surface area contributed by atoms with Gasteiger partial charge in [-0.3, -0.25) is 4.79 Å². The molecule has 3 rings (SSSR count). The van der Waals surface area contributed by atoms with E-state index in [0.717, 1.165) is 37.6 Å². The van der Waals surface area contributed by atoms with Gasteiger partial charge in [-0.25, -0.2) is 0 Å². The van der Waals surface area contributed by atoms with Crippen LogP contribution in [-0.4, -0.2) is 55.5 Å². The summed E-state index contributed by atoms with van der Waals surface area (Å²) in [6, 6.07) is 8.05. The van der Waals surface area contributed by atoms with Gasteiger partial charge in [-0.05, 0) is 75.2 Å². The SMILES string of the molecule is COc1ccc(CCC(=O)N2CCCC(CN3CCCC3)CC2)cc1. The standard InChI is InChI=1S/C21H32N2O2/c1-25-20-9-6-18(7-10-20)8-11-21(24)23-15-4-5-19(12-16-23)17-22-13-2-3-14-22/h6-7,9-10,19H,2-5,8,11-17H2,1H3. The molecule has 0 radical (unpaired) electrons. The van der Waals surface area contributed by atoms with Crippen molar-refractivity contribution in [3.8, 4) is 5.75 Å². The van der Waals surface area contributed by atoms with Crippen LogP contribution in [0.5, 0.6) is 5.75 Å². The van der Waals surface area contributed by atoms with Crippen LogP contribution in [0.15, 0.2) is 24.3 Å². The van der Waals surface area contributed by atoms with Gasteiger partial charge in [0.25, 0.3) is 0 Å². The van der Waals surface area contributed by atoms with Gasteiger partial charge in [0.15, 0.2) is 0 Å². The normalized spacial score (nSPS) is 22.0. The maximum absolute atomic E-state index is 12.6. The van der Waals surface area contributed by atoms with Gasteiger partial charge in [0.05, 0.1) is 7.11 Å². The van der Waals surface area contributed by atoms with Gasteiger partial charge in [0.2, 0.25) is 5.91 Å². The van der Waals surface area contributed by atoms with Gasteiger partial charge < -0.3 is 14.5 Å². The Morgan fingerprint density at radius 1 is 1.04 bits per heavy atom. The highest BCUT2D eigenvalue weighted by Gasteiger charge is 2.23. The molecule has 1 amide bonds. The summed E-state index contributed by atoms with van der Waals surface area (Å²) in [5.41, 5.74) is 1.20. The van der Waals surface area contributed by atoms with Crippen LogP contribution in [0, 0.1) is 5.92 Å². The quantitative estimate of drug-likeness (QED) is 0.793. The van der Waals surface area contributed by atoms with Gasteiger partial charge in [-0.2, -0.15) is 0 Å². The van der Waals surface area contributed by atoms with E-state index < -0.39 is 0 Å². The molecule has 1 atom stereocenters. The molecule has 25 heavy (non-hydrogen) atoms. The highest BCUT2D eigenvalue weighted by Crippen LogP contribution is 2.21. The lowest BCUT2D eigenvalue weighted by atomic mass is 10.0. The molecule has 2 aliphatic rings. The molecule has 2 heterocycles. The summed E-state index contributed by atoms with van der Waals surface area (Å²) in [6.07, 6.45) is 7.77. The zero-order chi connectivity index (χ0) is 17.5. The summed E-state index contributed by atoms with van der Waals surface area (Å²) in [6.45, 7) is 5.69. The lowest BCUT2D eigenvalue weighted by Crippen LogP contribution is -2.32. The largest absolute Gasteiger partial charge is 0.497 e. The van der Waals surface area contributed by atoms with E-state index in [-0.39, 0.29) is 0 Å². The van der Waals surface area contributed by atoms with Crippen LogP contribution in [0.2, 0.25) is 0 Å². The first-order chi connectivity index (χ1) is 12.2. The Labute approximate surface area is 152 Å². The van der Waals surface area contributed by atoms with Crippen molar-refractivity contribution >= 4 is 5.91 Å². The average molecular weight is 344 g/mol. The van der Waals surface area contributed by atoms with Crippen molar-refractivity contribution in [2.45, 2.75) is 44.9 Å². The van der Waals surface area contributed by atoms with Gasteiger partial charge in [0.1, 0.15) is 5.75 Å². The number of hydrogen-bond donors (Lipinski definition) is 0. The topological polar surface area (TPSA) is 32.8 Å². The number of methoxy groups -OCH3 is 1. The molecular formula is C21H32N2O2. The monoisotopic (exact) mass is 344 g/mol. The van der Waals surface area contributed by atoms with Gasteiger partial charge in [-0.1, -0.05) is 12.1 Å². The number of carbonyl (C=O) groups excluding carboxylic acids is 1. The molecule has 0 aliphatic carbocycles. The van der Waals surface area contributed by atoms with Crippen LogP contribution >= 0.6 is 0 Å². The van der Waals surface area contributed by atoms with Gasteiger partial charge in [0, 0.05) is 26.1 Å². The molecule has 0 aromatic heterocycles. The molecule has 0 N–H and O–H groups in total. The number of aryl methyl sites for hydroxylation is 1. The summed E-state index contributed by atoms with van der Waals surface area (Å²) in [5, 5.41) is 0. The van der Waals surface area contributed by atoms with Crippen LogP contribution < -0.4 is 4.74 Å². The third-order valence-corrected chi connectivity index (χ3v) is 5.70. The van der Waals surface area contributed by atoms with Crippen molar-refractivity contribution in [2.24, 2.45) is 5.92 Å². The third kappa shape index (κ3) is 5.46. The second-order valence-corrected chi connectivity index (χ2v) is 7.53. The summed E-state index contributed by atoms with van der Waals surface area (Å²) in [4.78, 5) is 17.3. The lowest BCUT2D eigenvalue weighted by Gasteiger charge is -2.23. The summed E-state index contributed by atoms with van der Waals surface area (Å²) >= 11 is 0. The van der Waals surface area contributed by atoms with Crippen molar-refractivity contribution in [2.75, 3.05) is 39.8 Å². The Balaban J connectivity index is 1.42. The van der Waals surface area contributed by atoms with Crippen molar-refractivity contribution in [3.63, 3.8) is 0 Å². The molecule has 4 nitrogen and oxygen atoms in total. The minimum Gasteiger partial charge on any atom is -0.497 e. The second kappa shape index (κ2) is 9.23. The highest BCUT2D eigenvalue weighted by atomic mass is 16.5. The fraction of sp³-hybridized carbons (Fsp3) is 0.667. The predicted octanol–water partition coefficient (Wildman–Crippen LogP) is 3.35. The first kappa shape index (κ1) is 18.2. The third-order valence-electron chi connectivity index (χ3n) is 5.70. The fourth-order valence-electron chi connectivity index (χ4n) is 4.13. The Hall–Kier alpha value is -1.55. The number of ether oxygens (including phenoxy) is 1. The number of carbonyl (C=O) groups is 1. The van der Waals surface area contributed by atoms with Gasteiger partial charge in [-0.15, -0.1) is 0 Å². The predicted molar refractivity (Wildman–Crippen MR) is 101 cm³/mol. The highest BCUT2D eigenvalue weighted by molar-refractivity contribution is 5.76. The smallest absolute Gasteiger partial charge is 0.222 e. The molecule has 1 unspecified atom stereocenters. The van der Waals surface area contributed by atoms with E-state index in [4.69, 9.17) is 4.74 Å². The molecule has 0 saturated carbocycles. The van der Waals surface area contributed by atoms with Crippen LogP contribution in [0.25, 0.3) is 0 Å². The molecular weight excluding hydrogens is 312 g/mol. The molecule has 1 aromatic rings. The summed E-state index contributed by atoms with van der Waals surface area (Å²) in [5.74, 6) is 1.96. The zero-order valence-electron chi connectivity index (χ0n) is 15.6. The van der Waals surface area contributed by atoms with E-state index in [0.29, 0.717) is 12.3 Å². The second-order valence-electron chi connectivity index (χ2n) is 7.53. The number of rotatable bonds is 6. The van der Waals surface area contributed by atoms with E-state index in [1.165, 1.54) is 50.9 Å². The first-order valence-electron chi connectivity index (χ1n) is 9.87. The van der Waals surface area contributed by atoms with Crippen LogP contribution in [0.4, 0.5) is 0 Å². The van der Waals surface area contributed by atoms with E-state index in [1.807, 2.05) is 12.1 Å². The molecule has 2 saturated heterocycles. The van der Waals surface area contributed by atoms with Crippen molar-refractivity contribution in [1.29, 1.82) is 0 Å². The van der Waals surface area contributed by atoms with Gasteiger partial charge >= 0.3 is 0 Å². The number of likely N-dealkylation sites (tertiary alicyclic amines) is 2. The lowest BCUT2D eigenvalue weighted by molar-refractivity contribution is -0.131. The van der Waals surface area contributed by atoms with Crippen molar-refractivity contribution < 1.29 is 9.53 Å². The van der Waals surface area contributed by atoms with Crippen LogP contribution in [0.1, 0.15) is 44.1 Å². The average Bonchev–Trinajstić information content (AvgIpc) is 3.04. The summed E-state index contributed by atoms with van der Waals surface area (Å²) < 4.78 is 5.18. The zero-order valence-corrected chi connectivity index (χ0v) is 15.6. The van der Waals surface area contributed by atoms with Crippen LogP contribution in [0.3, 0.4) is 0 Å². The Morgan fingerprint density at radius 3 is 2.52 bits per heavy atom. The molecule has 138 valence electrons. The van der Waals surface area contributed by atoms with Crippen molar-refractivity contribution in [3.05, 3.63) is 29.8 Å². The Bertz CT molecular complexity index is 537. The number of nitrogens with zero attached hydrogens (tertiary/aromatic N) is 2. The Morgan fingerprint density at radius 2 is 1.80 bits per heavy atom. The number of hydrogen-bond acceptors (Lipinski definition) is 3. The fourth-order valence-corrected chi connectivity index (χ4v) is 4.13. The molecule has 0 spiro atoms. The summed E-state index contributed by atoms with van der Waals surface area (Å²) in [7, 11) is 1.68. The first-order valence-corrected chi connectivity index (χ1v) is 9.87. The van der Waals surface area contributed by atoms with Crippen molar-refractivity contribution in [1.82, 2.24) is 9.80 Å². The maximum atomic E-state index is 12.6. The van der Waals surface area contributed by atoms with E-state index in [2.05, 4.69) is 21.9 Å². The molecule has 1 aromatic carbocycles. The molecule has 2 aliphatic heterocycles. The van der Waals surface area contributed by atoms with E-state index >= 15 is 0 Å². The van der Waals surface area contributed by atoms with E-state index in [9.17, 15) is 4.79 Å². The minimum absolute atomic E-state index is 0.317. The number of benzene rings is 1.